The molecule has 0 heterocycles. The number of nitrogens with one attached hydrogen (secondary N) is 1. The van der Waals surface area contributed by atoms with Crippen LogP contribution < -0.4 is 19.5 Å². The van der Waals surface area contributed by atoms with Crippen LogP contribution in [-0.4, -0.2) is 33.3 Å². The van der Waals surface area contributed by atoms with Crippen LogP contribution in [0, 0.1) is 13.8 Å². The van der Waals surface area contributed by atoms with Crippen LogP contribution in [0.2, 0.25) is 0 Å². The highest BCUT2D eigenvalue weighted by Gasteiger charge is 2.10. The summed E-state index contributed by atoms with van der Waals surface area (Å²) in [4.78, 5) is 12.2. The second-order valence-corrected chi connectivity index (χ2v) is 5.42. The molecule has 5 nitrogen and oxygen atoms in total. The molecular weight excluding hydrogens is 306 g/mol. The van der Waals surface area contributed by atoms with E-state index in [0.717, 1.165) is 5.75 Å². The lowest BCUT2D eigenvalue weighted by Crippen LogP contribution is -2.28. The number of carbonyl (C=O) groups is 1. The lowest BCUT2D eigenvalue weighted by Gasteiger charge is -2.11. The van der Waals surface area contributed by atoms with Gasteiger partial charge in [-0.25, -0.2) is 0 Å². The van der Waals surface area contributed by atoms with E-state index >= 15 is 0 Å². The van der Waals surface area contributed by atoms with E-state index in [9.17, 15) is 4.79 Å². The van der Waals surface area contributed by atoms with Crippen LogP contribution >= 0.6 is 0 Å². The van der Waals surface area contributed by atoms with Crippen molar-refractivity contribution in [3.05, 3.63) is 53.1 Å². The number of hydrogen-bond acceptors (Lipinski definition) is 4. The zero-order valence-corrected chi connectivity index (χ0v) is 14.5. The highest BCUT2D eigenvalue weighted by atomic mass is 16.5. The summed E-state index contributed by atoms with van der Waals surface area (Å²) in [7, 11) is 3.10. The first-order valence-corrected chi connectivity index (χ1v) is 7.75. The molecule has 128 valence electrons. The summed E-state index contributed by atoms with van der Waals surface area (Å²) in [6.07, 6.45) is 0. The van der Waals surface area contributed by atoms with Crippen LogP contribution in [0.15, 0.2) is 36.4 Å². The first kappa shape index (κ1) is 17.7. The molecule has 5 heteroatoms. The first-order chi connectivity index (χ1) is 11.5. The standard InChI is InChI=1S/C19H23NO4/c1-13-5-7-16(11-14(13)2)24-10-9-20-19(21)15-6-8-17(22-3)18(12-15)23-4/h5-8,11-12H,9-10H2,1-4H3,(H,20,21). The average Bonchev–Trinajstić information content (AvgIpc) is 2.60. The molecule has 0 aliphatic carbocycles. The molecule has 0 spiro atoms. The van der Waals surface area contributed by atoms with Crippen LogP contribution in [0.1, 0.15) is 21.5 Å². The second-order valence-electron chi connectivity index (χ2n) is 5.42. The summed E-state index contributed by atoms with van der Waals surface area (Å²) in [5.74, 6) is 1.74. The summed E-state index contributed by atoms with van der Waals surface area (Å²) in [5.41, 5.74) is 2.92. The molecule has 2 aromatic carbocycles. The van der Waals surface area contributed by atoms with Crippen LogP contribution in [0.3, 0.4) is 0 Å². The maximum absolute atomic E-state index is 12.2. The van der Waals surface area contributed by atoms with Gasteiger partial charge in [0.2, 0.25) is 0 Å². The van der Waals surface area contributed by atoms with Crippen molar-refractivity contribution in [1.29, 1.82) is 0 Å². The third-order valence-corrected chi connectivity index (χ3v) is 3.78. The number of aryl methyl sites for hydroxylation is 2. The van der Waals surface area contributed by atoms with E-state index in [-0.39, 0.29) is 5.91 Å². The maximum Gasteiger partial charge on any atom is 0.251 e. The van der Waals surface area contributed by atoms with E-state index in [1.807, 2.05) is 25.1 Å². The summed E-state index contributed by atoms with van der Waals surface area (Å²) < 4.78 is 16.0. The number of benzene rings is 2. The van der Waals surface area contributed by atoms with Crippen LogP contribution in [-0.2, 0) is 0 Å². The van der Waals surface area contributed by atoms with Gasteiger partial charge in [-0.3, -0.25) is 4.79 Å². The molecule has 1 N–H and O–H groups in total. The van der Waals surface area contributed by atoms with Gasteiger partial charge in [-0.1, -0.05) is 6.07 Å². The van der Waals surface area contributed by atoms with Gasteiger partial charge in [-0.15, -0.1) is 0 Å². The lowest BCUT2D eigenvalue weighted by atomic mass is 10.1. The Labute approximate surface area is 142 Å². The minimum absolute atomic E-state index is 0.181. The highest BCUT2D eigenvalue weighted by Crippen LogP contribution is 2.27. The zero-order valence-electron chi connectivity index (χ0n) is 14.5. The lowest BCUT2D eigenvalue weighted by molar-refractivity contribution is 0.0946. The molecule has 0 saturated carbocycles. The molecule has 2 aromatic rings. The molecule has 0 aromatic heterocycles. The van der Waals surface area contributed by atoms with Gasteiger partial charge in [0.1, 0.15) is 12.4 Å². The molecule has 0 fully saturated rings. The van der Waals surface area contributed by atoms with E-state index < -0.39 is 0 Å². The number of carbonyl (C=O) groups excluding carboxylic acids is 1. The average molecular weight is 329 g/mol. The minimum Gasteiger partial charge on any atom is -0.493 e. The van der Waals surface area contributed by atoms with Crippen molar-refractivity contribution >= 4 is 5.91 Å². The quantitative estimate of drug-likeness (QED) is 0.793. The summed E-state index contributed by atoms with van der Waals surface area (Å²) in [6.45, 7) is 4.92. The van der Waals surface area contributed by atoms with Gasteiger partial charge in [-0.2, -0.15) is 0 Å². The fourth-order valence-electron chi connectivity index (χ4n) is 2.22. The highest BCUT2D eigenvalue weighted by molar-refractivity contribution is 5.94. The Balaban J connectivity index is 1.85. The van der Waals surface area contributed by atoms with Crippen molar-refractivity contribution in [3.8, 4) is 17.2 Å². The monoisotopic (exact) mass is 329 g/mol. The normalized spacial score (nSPS) is 10.2. The molecule has 0 aliphatic heterocycles. The summed E-state index contributed by atoms with van der Waals surface area (Å²) in [6, 6.07) is 11.0. The SMILES string of the molecule is COc1ccc(C(=O)NCCOc2ccc(C)c(C)c2)cc1OC. The summed E-state index contributed by atoms with van der Waals surface area (Å²) in [5, 5.41) is 2.82. The molecule has 0 bridgehead atoms. The van der Waals surface area contributed by atoms with Crippen LogP contribution in [0.5, 0.6) is 17.2 Å². The number of methoxy groups -OCH3 is 2. The van der Waals surface area contributed by atoms with Crippen molar-refractivity contribution in [3.63, 3.8) is 0 Å². The Kier molecular flexibility index (Phi) is 6.07. The van der Waals surface area contributed by atoms with E-state index in [1.165, 1.54) is 18.2 Å². The smallest absolute Gasteiger partial charge is 0.251 e. The van der Waals surface area contributed by atoms with Crippen molar-refractivity contribution in [1.82, 2.24) is 5.32 Å². The number of amides is 1. The van der Waals surface area contributed by atoms with Crippen molar-refractivity contribution in [2.45, 2.75) is 13.8 Å². The van der Waals surface area contributed by atoms with Gasteiger partial charge in [0.05, 0.1) is 20.8 Å². The Hall–Kier alpha value is -2.69. The summed E-state index contributed by atoms with van der Waals surface area (Å²) >= 11 is 0. The minimum atomic E-state index is -0.181. The predicted octanol–water partition coefficient (Wildman–Crippen LogP) is 3.13. The van der Waals surface area contributed by atoms with Gasteiger partial charge >= 0.3 is 0 Å². The fraction of sp³-hybridized carbons (Fsp3) is 0.316. The zero-order chi connectivity index (χ0) is 17.5. The third-order valence-electron chi connectivity index (χ3n) is 3.78. The van der Waals surface area contributed by atoms with E-state index in [0.29, 0.717) is 30.2 Å². The van der Waals surface area contributed by atoms with Crippen molar-refractivity contribution < 1.29 is 19.0 Å². The van der Waals surface area contributed by atoms with Crippen LogP contribution in [0.25, 0.3) is 0 Å². The van der Waals surface area contributed by atoms with Gasteiger partial charge in [0, 0.05) is 5.56 Å². The molecule has 0 saturated heterocycles. The maximum atomic E-state index is 12.2. The van der Waals surface area contributed by atoms with E-state index in [1.54, 1.807) is 25.3 Å². The van der Waals surface area contributed by atoms with Gasteiger partial charge < -0.3 is 19.5 Å². The Morgan fingerprint density at radius 2 is 1.71 bits per heavy atom. The molecular formula is C19H23NO4. The fourth-order valence-corrected chi connectivity index (χ4v) is 2.22. The Morgan fingerprint density at radius 1 is 0.958 bits per heavy atom. The van der Waals surface area contributed by atoms with E-state index in [4.69, 9.17) is 14.2 Å². The number of hydrogen-bond donors (Lipinski definition) is 1. The van der Waals surface area contributed by atoms with Crippen LogP contribution in [0.4, 0.5) is 0 Å². The Bertz CT molecular complexity index is 713. The molecule has 0 atom stereocenters. The number of ether oxygens (including phenoxy) is 3. The Morgan fingerprint density at radius 3 is 2.38 bits per heavy atom. The topological polar surface area (TPSA) is 56.8 Å². The second kappa shape index (κ2) is 8.24. The van der Waals surface area contributed by atoms with Crippen molar-refractivity contribution in [2.24, 2.45) is 0 Å². The van der Waals surface area contributed by atoms with Gasteiger partial charge in [-0.05, 0) is 55.3 Å². The van der Waals surface area contributed by atoms with Gasteiger partial charge in [0.25, 0.3) is 5.91 Å². The largest absolute Gasteiger partial charge is 0.493 e. The third kappa shape index (κ3) is 4.41. The molecule has 0 unspecified atom stereocenters. The molecule has 0 radical (unpaired) electrons. The molecule has 0 aliphatic rings. The molecule has 1 amide bonds. The predicted molar refractivity (Wildman–Crippen MR) is 93.3 cm³/mol. The molecule has 2 rings (SSSR count). The van der Waals surface area contributed by atoms with E-state index in [2.05, 4.69) is 12.2 Å². The number of rotatable bonds is 7. The van der Waals surface area contributed by atoms with Crippen molar-refractivity contribution in [2.75, 3.05) is 27.4 Å². The first-order valence-electron chi connectivity index (χ1n) is 7.75. The van der Waals surface area contributed by atoms with Gasteiger partial charge in [0.15, 0.2) is 11.5 Å². The molecule has 24 heavy (non-hydrogen) atoms.